The van der Waals surface area contributed by atoms with Crippen molar-refractivity contribution in [2.24, 2.45) is 10.3 Å². The van der Waals surface area contributed by atoms with Crippen LogP contribution in [0.4, 0.5) is 5.69 Å². The topological polar surface area (TPSA) is 74.0 Å². The van der Waals surface area contributed by atoms with Crippen LogP contribution >= 0.6 is 0 Å². The van der Waals surface area contributed by atoms with Crippen molar-refractivity contribution in [1.82, 2.24) is 0 Å². The first-order valence-corrected chi connectivity index (χ1v) is 6.06. The maximum Gasteiger partial charge on any atom is 0.216 e. The van der Waals surface area contributed by atoms with E-state index in [9.17, 15) is 4.79 Å². The van der Waals surface area contributed by atoms with Crippen LogP contribution in [0.3, 0.4) is 0 Å². The van der Waals surface area contributed by atoms with Crippen LogP contribution in [0.5, 0.6) is 0 Å². The van der Waals surface area contributed by atoms with Crippen LogP contribution < -0.4 is 21.6 Å². The molecule has 0 aliphatic heterocycles. The molecule has 0 fully saturated rings. The molecule has 98 valence electrons. The second-order valence-electron chi connectivity index (χ2n) is 4.26. The van der Waals surface area contributed by atoms with Crippen molar-refractivity contribution >= 4 is 16.5 Å². The zero-order valence-corrected chi connectivity index (χ0v) is 10.4. The van der Waals surface area contributed by atoms with Gasteiger partial charge in [0.25, 0.3) is 0 Å². The number of anilines is 1. The summed E-state index contributed by atoms with van der Waals surface area (Å²) < 4.78 is 0. The summed E-state index contributed by atoms with van der Waals surface area (Å²) in [5, 5.41) is 17.8. The van der Waals surface area contributed by atoms with E-state index in [0.717, 1.165) is 5.69 Å². The molecule has 0 spiro atoms. The molecule has 0 amide bonds. The van der Waals surface area contributed by atoms with Gasteiger partial charge in [0.05, 0.1) is 5.69 Å². The van der Waals surface area contributed by atoms with Crippen molar-refractivity contribution in [3.63, 3.8) is 0 Å². The molecular weight excluding hydrogens is 254 g/mol. The maximum absolute atomic E-state index is 12.2. The summed E-state index contributed by atoms with van der Waals surface area (Å²) in [4.78, 5) is 12.2. The van der Waals surface area contributed by atoms with Crippen LogP contribution in [-0.2, 0) is 0 Å². The highest BCUT2D eigenvalue weighted by Crippen LogP contribution is 2.04. The Kier molecular flexibility index (Phi) is 3.01. The van der Waals surface area contributed by atoms with E-state index in [2.05, 4.69) is 15.7 Å². The molecule has 2 N–H and O–H groups in total. The fourth-order valence-corrected chi connectivity index (χ4v) is 2.09. The van der Waals surface area contributed by atoms with Gasteiger partial charge in [-0.15, -0.1) is 0 Å². The molecule has 0 atom stereocenters. The standard InChI is InChI=1S/C15H11N3O2/c19-15-12-9-5-4-8-11(12)13(18-20)14(15)17-16-10-6-2-1-3-7-10/h1-9,16,20H/b17-14-,18-13+. The molecule has 0 bridgehead atoms. The molecule has 0 radical (unpaired) electrons. The third-order valence-corrected chi connectivity index (χ3v) is 3.04. The fraction of sp³-hybridized carbons (Fsp3) is 0. The normalized spacial score (nSPS) is 13.0. The molecule has 5 heteroatoms. The molecule has 3 aromatic rings. The van der Waals surface area contributed by atoms with Crippen molar-refractivity contribution in [2.75, 3.05) is 5.43 Å². The predicted octanol–water partition coefficient (Wildman–Crippen LogP) is 1.29. The van der Waals surface area contributed by atoms with Crippen molar-refractivity contribution < 1.29 is 5.21 Å². The number of nitrogens with zero attached hydrogens (tertiary/aromatic N) is 2. The van der Waals surface area contributed by atoms with E-state index in [1.54, 1.807) is 24.3 Å². The summed E-state index contributed by atoms with van der Waals surface area (Å²) in [6, 6.07) is 16.2. The summed E-state index contributed by atoms with van der Waals surface area (Å²) in [6.07, 6.45) is 0. The lowest BCUT2D eigenvalue weighted by molar-refractivity contribution is 0.302. The monoisotopic (exact) mass is 265 g/mol. The van der Waals surface area contributed by atoms with Gasteiger partial charge in [0.15, 0.2) is 5.36 Å². The Labute approximate surface area is 113 Å². The van der Waals surface area contributed by atoms with E-state index in [1.165, 1.54) is 0 Å². The Balaban J connectivity index is 2.22. The number of hydrogen-bond donors (Lipinski definition) is 2. The molecule has 0 aromatic heterocycles. The number of fused-ring (bicyclic) bond motifs is 1. The van der Waals surface area contributed by atoms with Gasteiger partial charge in [0.2, 0.25) is 5.43 Å². The molecule has 0 aliphatic carbocycles. The summed E-state index contributed by atoms with van der Waals surface area (Å²) in [5.74, 6) is 0. The van der Waals surface area contributed by atoms with E-state index in [1.807, 2.05) is 30.3 Å². The van der Waals surface area contributed by atoms with Crippen molar-refractivity contribution in [3.05, 3.63) is 75.5 Å². The first-order valence-electron chi connectivity index (χ1n) is 6.06. The van der Waals surface area contributed by atoms with Crippen LogP contribution in [0.1, 0.15) is 0 Å². The fourth-order valence-electron chi connectivity index (χ4n) is 2.09. The summed E-state index contributed by atoms with van der Waals surface area (Å²) in [6.45, 7) is 0. The number of nitrogens with one attached hydrogen (secondary N) is 1. The SMILES string of the molecule is O=c1c(=N\Nc2ccccc2)/c(=N/O)c2ccccc12. The quantitative estimate of drug-likeness (QED) is 0.541. The van der Waals surface area contributed by atoms with Crippen LogP contribution in [0.15, 0.2) is 69.6 Å². The molecule has 0 aliphatic rings. The Hall–Kier alpha value is -2.95. The molecule has 0 saturated carbocycles. The largest absolute Gasteiger partial charge is 0.410 e. The zero-order valence-electron chi connectivity index (χ0n) is 10.4. The molecule has 0 heterocycles. The predicted molar refractivity (Wildman–Crippen MR) is 75.6 cm³/mol. The van der Waals surface area contributed by atoms with E-state index < -0.39 is 0 Å². The highest BCUT2D eigenvalue weighted by atomic mass is 16.4. The number of rotatable bonds is 2. The third kappa shape index (κ3) is 1.95. The summed E-state index contributed by atoms with van der Waals surface area (Å²) in [7, 11) is 0. The van der Waals surface area contributed by atoms with E-state index in [4.69, 9.17) is 5.21 Å². The molecule has 3 rings (SSSR count). The van der Waals surface area contributed by atoms with Gasteiger partial charge in [-0.3, -0.25) is 10.2 Å². The minimum Gasteiger partial charge on any atom is -0.410 e. The van der Waals surface area contributed by atoms with Gasteiger partial charge in [0.1, 0.15) is 5.36 Å². The molecular formula is C15H11N3O2. The minimum absolute atomic E-state index is 0.109. The van der Waals surface area contributed by atoms with Gasteiger partial charge in [-0.2, -0.15) is 5.10 Å². The smallest absolute Gasteiger partial charge is 0.216 e. The summed E-state index contributed by atoms with van der Waals surface area (Å²) >= 11 is 0. The minimum atomic E-state index is -0.253. The highest BCUT2D eigenvalue weighted by Gasteiger charge is 2.08. The number of para-hydroxylation sites is 1. The molecule has 20 heavy (non-hydrogen) atoms. The Bertz CT molecular complexity index is 908. The van der Waals surface area contributed by atoms with Gasteiger partial charge in [0, 0.05) is 10.8 Å². The Morgan fingerprint density at radius 3 is 2.20 bits per heavy atom. The highest BCUT2D eigenvalue weighted by molar-refractivity contribution is 5.83. The molecule has 3 aromatic carbocycles. The number of hydrogen-bond acceptors (Lipinski definition) is 5. The van der Waals surface area contributed by atoms with Gasteiger partial charge in [-0.1, -0.05) is 47.6 Å². The lowest BCUT2D eigenvalue weighted by atomic mass is 10.2. The van der Waals surface area contributed by atoms with Crippen molar-refractivity contribution in [1.29, 1.82) is 0 Å². The maximum atomic E-state index is 12.2. The lowest BCUT2D eigenvalue weighted by Crippen LogP contribution is -2.33. The van der Waals surface area contributed by atoms with E-state index >= 15 is 0 Å². The average molecular weight is 265 g/mol. The summed E-state index contributed by atoms with van der Waals surface area (Å²) in [5.41, 5.74) is 3.29. The van der Waals surface area contributed by atoms with E-state index in [0.29, 0.717) is 10.8 Å². The lowest BCUT2D eigenvalue weighted by Gasteiger charge is -1.96. The second-order valence-corrected chi connectivity index (χ2v) is 4.26. The van der Waals surface area contributed by atoms with Gasteiger partial charge in [-0.05, 0) is 12.1 Å². The van der Waals surface area contributed by atoms with E-state index in [-0.39, 0.29) is 16.1 Å². The molecule has 0 unspecified atom stereocenters. The molecule has 0 saturated heterocycles. The van der Waals surface area contributed by atoms with Crippen molar-refractivity contribution in [2.45, 2.75) is 0 Å². The van der Waals surface area contributed by atoms with Crippen molar-refractivity contribution in [3.8, 4) is 0 Å². The Morgan fingerprint density at radius 1 is 0.850 bits per heavy atom. The first kappa shape index (κ1) is 12.1. The van der Waals surface area contributed by atoms with Gasteiger partial charge >= 0.3 is 0 Å². The number of benzene rings is 2. The molecule has 5 nitrogen and oxygen atoms in total. The Morgan fingerprint density at radius 2 is 1.50 bits per heavy atom. The van der Waals surface area contributed by atoms with Crippen LogP contribution in [-0.4, -0.2) is 5.21 Å². The second kappa shape index (κ2) is 4.97. The van der Waals surface area contributed by atoms with Crippen LogP contribution in [0.25, 0.3) is 10.8 Å². The van der Waals surface area contributed by atoms with Gasteiger partial charge < -0.3 is 5.21 Å². The van der Waals surface area contributed by atoms with Crippen LogP contribution in [0, 0.1) is 0 Å². The third-order valence-electron chi connectivity index (χ3n) is 3.04. The first-order chi connectivity index (χ1) is 9.81. The zero-order chi connectivity index (χ0) is 13.9. The average Bonchev–Trinajstić information content (AvgIpc) is 2.78. The van der Waals surface area contributed by atoms with Crippen LogP contribution in [0.2, 0.25) is 0 Å². The van der Waals surface area contributed by atoms with Gasteiger partial charge in [-0.25, -0.2) is 0 Å².